The third-order valence-corrected chi connectivity index (χ3v) is 4.86. The van der Waals surface area contributed by atoms with Gasteiger partial charge >= 0.3 is 5.97 Å². The van der Waals surface area contributed by atoms with E-state index in [1.165, 1.54) is 4.90 Å². The van der Waals surface area contributed by atoms with Crippen molar-refractivity contribution in [3.8, 4) is 5.75 Å². The van der Waals surface area contributed by atoms with Crippen molar-refractivity contribution in [2.24, 2.45) is 0 Å². The number of hydrogen-bond donors (Lipinski definition) is 1. The Bertz CT molecular complexity index is 712. The van der Waals surface area contributed by atoms with Gasteiger partial charge in [-0.1, -0.05) is 62.1 Å². The van der Waals surface area contributed by atoms with E-state index in [0.717, 1.165) is 17.3 Å². The highest BCUT2D eigenvalue weighted by molar-refractivity contribution is 8.26. The Labute approximate surface area is 156 Å². The highest BCUT2D eigenvalue weighted by atomic mass is 32.2. The number of nitrogens with zero attached hydrogens (tertiary/aromatic N) is 1. The van der Waals surface area contributed by atoms with Gasteiger partial charge in [0.1, 0.15) is 22.7 Å². The summed E-state index contributed by atoms with van der Waals surface area (Å²) in [5.41, 5.74) is 0.814. The van der Waals surface area contributed by atoms with Crippen LogP contribution in [0.1, 0.15) is 25.3 Å². The highest BCUT2D eigenvalue weighted by Crippen LogP contribution is 2.35. The molecule has 1 atom stereocenters. The molecule has 2 rings (SSSR count). The summed E-state index contributed by atoms with van der Waals surface area (Å²) in [7, 11) is 0. The van der Waals surface area contributed by atoms with E-state index in [0.29, 0.717) is 30.1 Å². The van der Waals surface area contributed by atoms with Crippen LogP contribution in [0.4, 0.5) is 0 Å². The Balaban J connectivity index is 2.19. The van der Waals surface area contributed by atoms with Crippen LogP contribution >= 0.6 is 24.0 Å². The van der Waals surface area contributed by atoms with Gasteiger partial charge in [-0.25, -0.2) is 4.79 Å². The molecule has 7 heteroatoms. The molecule has 5 nitrogen and oxygen atoms in total. The largest absolute Gasteiger partial charge is 0.490 e. The molecule has 0 saturated carbocycles. The molecule has 1 aromatic rings. The van der Waals surface area contributed by atoms with Gasteiger partial charge < -0.3 is 9.84 Å². The number of carboxylic acids is 1. The average Bonchev–Trinajstić information content (AvgIpc) is 2.86. The van der Waals surface area contributed by atoms with Gasteiger partial charge in [0.25, 0.3) is 5.91 Å². The molecule has 1 N–H and O–H groups in total. The maximum atomic E-state index is 12.6. The van der Waals surface area contributed by atoms with Crippen LogP contribution in [-0.2, 0) is 9.59 Å². The van der Waals surface area contributed by atoms with Gasteiger partial charge in [-0.05, 0) is 30.2 Å². The smallest absolute Gasteiger partial charge is 0.326 e. The Kier molecular flexibility index (Phi) is 6.78. The van der Waals surface area contributed by atoms with Crippen molar-refractivity contribution in [3.05, 3.63) is 47.4 Å². The van der Waals surface area contributed by atoms with Crippen molar-refractivity contribution in [1.82, 2.24) is 4.90 Å². The van der Waals surface area contributed by atoms with Crippen molar-refractivity contribution in [2.75, 3.05) is 6.61 Å². The number of carbonyl (C=O) groups excluding carboxylic acids is 1. The van der Waals surface area contributed by atoms with E-state index in [-0.39, 0.29) is 10.2 Å². The second kappa shape index (κ2) is 8.82. The normalized spacial score (nSPS) is 17.0. The van der Waals surface area contributed by atoms with Crippen molar-refractivity contribution < 1.29 is 19.4 Å². The number of aliphatic carboxylic acids is 1. The van der Waals surface area contributed by atoms with E-state index in [4.69, 9.17) is 17.0 Å². The van der Waals surface area contributed by atoms with Gasteiger partial charge in [-0.15, -0.1) is 0 Å². The third-order valence-electron chi connectivity index (χ3n) is 3.53. The zero-order chi connectivity index (χ0) is 18.4. The molecule has 0 bridgehead atoms. The monoisotopic (exact) mass is 377 g/mol. The summed E-state index contributed by atoms with van der Waals surface area (Å²) in [6.07, 6.45) is 4.39. The highest BCUT2D eigenvalue weighted by Gasteiger charge is 2.39. The molecule has 1 heterocycles. The molecule has 0 aliphatic carbocycles. The summed E-state index contributed by atoms with van der Waals surface area (Å²) in [6.45, 7) is 5.89. The number of benzene rings is 1. The third kappa shape index (κ3) is 4.70. The molecular formula is C18H19NO4S2. The second-order valence-corrected chi connectivity index (χ2v) is 7.04. The quantitative estimate of drug-likeness (QED) is 0.423. The number of rotatable bonds is 8. The molecule has 132 valence electrons. The topological polar surface area (TPSA) is 66.8 Å². The standard InChI is InChI=1S/C18H19NO4S2/c1-3-5-14(17(21)22)19-16(20)15(25-18(19)24)11-12-6-8-13(9-7-12)23-10-4-2/h4,6-9,11,14H,2-3,5,10H2,1H3,(H,21,22)/b15-11-/t14-/m0/s1. The molecule has 0 aromatic heterocycles. The molecular weight excluding hydrogens is 358 g/mol. The first-order chi connectivity index (χ1) is 12.0. The Hall–Kier alpha value is -2.12. The van der Waals surface area contributed by atoms with Gasteiger partial charge in [0, 0.05) is 0 Å². The first-order valence-electron chi connectivity index (χ1n) is 7.81. The average molecular weight is 377 g/mol. The van der Waals surface area contributed by atoms with Crippen molar-refractivity contribution in [2.45, 2.75) is 25.8 Å². The molecule has 0 radical (unpaired) electrons. The number of ether oxygens (including phenoxy) is 1. The van der Waals surface area contributed by atoms with E-state index in [1.807, 2.05) is 19.1 Å². The van der Waals surface area contributed by atoms with Crippen molar-refractivity contribution in [1.29, 1.82) is 0 Å². The van der Waals surface area contributed by atoms with Gasteiger partial charge in [-0.3, -0.25) is 9.69 Å². The first-order valence-corrected chi connectivity index (χ1v) is 9.04. The van der Waals surface area contributed by atoms with E-state index >= 15 is 0 Å². The summed E-state index contributed by atoms with van der Waals surface area (Å²) in [5, 5.41) is 9.37. The minimum atomic E-state index is -1.04. The number of amides is 1. The molecule has 1 aliphatic heterocycles. The van der Waals surface area contributed by atoms with Crippen LogP contribution in [0.3, 0.4) is 0 Å². The molecule has 1 aliphatic rings. The van der Waals surface area contributed by atoms with E-state index in [2.05, 4.69) is 6.58 Å². The lowest BCUT2D eigenvalue weighted by Gasteiger charge is -2.22. The maximum Gasteiger partial charge on any atom is 0.326 e. The maximum absolute atomic E-state index is 12.6. The molecule has 1 saturated heterocycles. The van der Waals surface area contributed by atoms with Gasteiger partial charge in [0.15, 0.2) is 0 Å². The fourth-order valence-electron chi connectivity index (χ4n) is 2.35. The van der Waals surface area contributed by atoms with Gasteiger partial charge in [0.05, 0.1) is 4.91 Å². The first kappa shape index (κ1) is 19.2. The van der Waals surface area contributed by atoms with Crippen LogP contribution in [0.25, 0.3) is 6.08 Å². The number of thioether (sulfide) groups is 1. The fraction of sp³-hybridized carbons (Fsp3) is 0.278. The number of hydrogen-bond acceptors (Lipinski definition) is 5. The van der Waals surface area contributed by atoms with E-state index in [9.17, 15) is 14.7 Å². The lowest BCUT2D eigenvalue weighted by atomic mass is 10.1. The molecule has 0 unspecified atom stereocenters. The minimum Gasteiger partial charge on any atom is -0.490 e. The van der Waals surface area contributed by atoms with Gasteiger partial charge in [-0.2, -0.15) is 0 Å². The van der Waals surface area contributed by atoms with Crippen LogP contribution < -0.4 is 4.74 Å². The Morgan fingerprint density at radius 2 is 2.12 bits per heavy atom. The predicted octanol–water partition coefficient (Wildman–Crippen LogP) is 3.71. The summed E-state index contributed by atoms with van der Waals surface area (Å²) in [5.74, 6) is -0.690. The fourth-order valence-corrected chi connectivity index (χ4v) is 3.71. The number of carbonyl (C=O) groups is 2. The summed E-state index contributed by atoms with van der Waals surface area (Å²) >= 11 is 6.35. The van der Waals surface area contributed by atoms with E-state index in [1.54, 1.807) is 24.3 Å². The molecule has 1 amide bonds. The number of carboxylic acid groups (broad SMARTS) is 1. The predicted molar refractivity (Wildman–Crippen MR) is 103 cm³/mol. The van der Waals surface area contributed by atoms with Gasteiger partial charge in [0.2, 0.25) is 0 Å². The Morgan fingerprint density at radius 3 is 2.68 bits per heavy atom. The lowest BCUT2D eigenvalue weighted by Crippen LogP contribution is -2.43. The van der Waals surface area contributed by atoms with Crippen molar-refractivity contribution >= 4 is 46.3 Å². The van der Waals surface area contributed by atoms with Crippen LogP contribution in [-0.4, -0.2) is 38.9 Å². The van der Waals surface area contributed by atoms with Crippen LogP contribution in [0.2, 0.25) is 0 Å². The Morgan fingerprint density at radius 1 is 1.44 bits per heavy atom. The van der Waals surface area contributed by atoms with Crippen molar-refractivity contribution in [3.63, 3.8) is 0 Å². The number of thiocarbonyl (C=S) groups is 1. The summed E-state index contributed by atoms with van der Waals surface area (Å²) < 4.78 is 5.70. The molecule has 25 heavy (non-hydrogen) atoms. The lowest BCUT2D eigenvalue weighted by molar-refractivity contribution is -0.145. The summed E-state index contributed by atoms with van der Waals surface area (Å²) in [6, 6.07) is 6.33. The van der Waals surface area contributed by atoms with Crippen LogP contribution in [0.5, 0.6) is 5.75 Å². The zero-order valence-electron chi connectivity index (χ0n) is 13.8. The van der Waals surface area contributed by atoms with Crippen LogP contribution in [0.15, 0.2) is 41.8 Å². The van der Waals surface area contributed by atoms with E-state index < -0.39 is 12.0 Å². The second-order valence-electron chi connectivity index (χ2n) is 5.36. The molecule has 1 aromatic carbocycles. The SMILES string of the molecule is C=CCOc1ccc(/C=C2\SC(=S)N([C@@H](CCC)C(=O)O)C2=O)cc1. The summed E-state index contributed by atoms with van der Waals surface area (Å²) in [4.78, 5) is 25.7. The molecule has 0 spiro atoms. The zero-order valence-corrected chi connectivity index (χ0v) is 15.4. The minimum absolute atomic E-state index is 0.281. The van der Waals surface area contributed by atoms with Crippen LogP contribution in [0, 0.1) is 0 Å². The molecule has 1 fully saturated rings.